The number of aromatic nitrogens is 1. The number of thiazole rings is 1. The van der Waals surface area contributed by atoms with Gasteiger partial charge in [0.05, 0.1) is 34.1 Å². The quantitative estimate of drug-likeness (QED) is 0.164. The molecule has 1 aromatic heterocycles. The van der Waals surface area contributed by atoms with Gasteiger partial charge in [-0.15, -0.1) is 11.3 Å². The summed E-state index contributed by atoms with van der Waals surface area (Å²) in [5.41, 5.74) is 4.96. The summed E-state index contributed by atoms with van der Waals surface area (Å²) in [7, 11) is 0. The Hall–Kier alpha value is -3.76. The van der Waals surface area contributed by atoms with Crippen molar-refractivity contribution < 1.29 is 14.4 Å². The van der Waals surface area contributed by atoms with E-state index in [-0.39, 0.29) is 12.5 Å². The van der Waals surface area contributed by atoms with Crippen molar-refractivity contribution >= 4 is 44.9 Å². The molecule has 5 rings (SSSR count). The summed E-state index contributed by atoms with van der Waals surface area (Å²) in [6.07, 6.45) is 1.45. The summed E-state index contributed by atoms with van der Waals surface area (Å²) in [5, 5.41) is 18.3. The molecule has 2 heterocycles. The van der Waals surface area contributed by atoms with E-state index in [2.05, 4.69) is 27.1 Å². The zero-order chi connectivity index (χ0) is 24.5. The largest absolute Gasteiger partial charge is 0.454 e. The molecule has 1 aliphatic rings. The Labute approximate surface area is 213 Å². The van der Waals surface area contributed by atoms with Gasteiger partial charge in [-0.25, -0.2) is 9.67 Å². The van der Waals surface area contributed by atoms with Crippen molar-refractivity contribution in [2.45, 2.75) is 13.8 Å². The number of aryl methyl sites for hydroxylation is 2. The Morgan fingerprint density at radius 1 is 1.09 bits per heavy atom. The Kier molecular flexibility index (Phi) is 6.23. The zero-order valence-corrected chi connectivity index (χ0v) is 21.2. The molecule has 3 aromatic carbocycles. The first-order chi connectivity index (χ1) is 16.9. The van der Waals surface area contributed by atoms with Gasteiger partial charge < -0.3 is 9.47 Å². The van der Waals surface area contributed by atoms with E-state index in [4.69, 9.17) is 14.5 Å². The molecular formula is C25H19BrN4O4S. The standard InChI is InChI=1S/C25H19BrN4O4S/c1-15-3-8-20(16(2)9-15)28-25-29(22(13-35-25)17-4-6-19(26)7-5-17)27-12-18-10-23-24(34-14-33-23)11-21(18)30(31)32/h3-13H,14H2,1-2H3. The second kappa shape index (κ2) is 9.47. The summed E-state index contributed by atoms with van der Waals surface area (Å²) < 4.78 is 13.4. The van der Waals surface area contributed by atoms with Crippen molar-refractivity contribution in [2.24, 2.45) is 10.1 Å². The highest BCUT2D eigenvalue weighted by Gasteiger charge is 2.22. The predicted octanol–water partition coefficient (Wildman–Crippen LogP) is 6.35. The topological polar surface area (TPSA) is 91.2 Å². The van der Waals surface area contributed by atoms with Crippen molar-refractivity contribution in [3.8, 4) is 22.8 Å². The summed E-state index contributed by atoms with van der Waals surface area (Å²) in [6.45, 7) is 4.08. The van der Waals surface area contributed by atoms with Gasteiger partial charge in [0.2, 0.25) is 11.6 Å². The first-order valence-corrected chi connectivity index (χ1v) is 12.3. The van der Waals surface area contributed by atoms with Crippen LogP contribution in [0.25, 0.3) is 11.3 Å². The Morgan fingerprint density at radius 2 is 1.83 bits per heavy atom. The molecule has 10 heteroatoms. The molecule has 0 aliphatic carbocycles. The lowest BCUT2D eigenvalue weighted by Crippen LogP contribution is -2.12. The number of nitro groups is 1. The first kappa shape index (κ1) is 23.0. The van der Waals surface area contributed by atoms with Crippen molar-refractivity contribution in [3.63, 3.8) is 0 Å². The number of hydrogen-bond acceptors (Lipinski definition) is 7. The van der Waals surface area contributed by atoms with Crippen LogP contribution in [0.15, 0.2) is 74.5 Å². The minimum Gasteiger partial charge on any atom is -0.454 e. The number of nitrogens with zero attached hydrogens (tertiary/aromatic N) is 4. The Bertz CT molecular complexity index is 1540. The van der Waals surface area contributed by atoms with E-state index >= 15 is 0 Å². The molecule has 0 amide bonds. The molecular weight excluding hydrogens is 532 g/mol. The third-order valence-corrected chi connectivity index (χ3v) is 6.77. The van der Waals surface area contributed by atoms with Gasteiger partial charge in [-0.1, -0.05) is 45.8 Å². The maximum absolute atomic E-state index is 11.7. The van der Waals surface area contributed by atoms with E-state index in [1.54, 1.807) is 10.7 Å². The van der Waals surface area contributed by atoms with Crippen LogP contribution in [0.2, 0.25) is 0 Å². The monoisotopic (exact) mass is 550 g/mol. The second-order valence-corrected chi connectivity index (χ2v) is 9.64. The highest BCUT2D eigenvalue weighted by molar-refractivity contribution is 9.10. The summed E-state index contributed by atoms with van der Waals surface area (Å²) in [4.78, 5) is 16.7. The molecule has 0 fully saturated rings. The molecule has 4 aromatic rings. The highest BCUT2D eigenvalue weighted by atomic mass is 79.9. The van der Waals surface area contributed by atoms with Gasteiger partial charge in [-0.3, -0.25) is 10.1 Å². The fourth-order valence-corrected chi connectivity index (χ4v) is 4.78. The van der Waals surface area contributed by atoms with E-state index in [1.807, 2.05) is 55.6 Å². The first-order valence-electron chi connectivity index (χ1n) is 10.6. The predicted molar refractivity (Wildman–Crippen MR) is 139 cm³/mol. The minimum atomic E-state index is -0.460. The molecule has 0 saturated carbocycles. The normalized spacial score (nSPS) is 13.1. The van der Waals surface area contributed by atoms with Gasteiger partial charge in [0.25, 0.3) is 5.69 Å². The smallest absolute Gasteiger partial charge is 0.282 e. The van der Waals surface area contributed by atoms with Gasteiger partial charge in [-0.05, 0) is 43.7 Å². The molecule has 35 heavy (non-hydrogen) atoms. The third-order valence-electron chi connectivity index (χ3n) is 5.42. The van der Waals surface area contributed by atoms with Crippen LogP contribution >= 0.6 is 27.3 Å². The van der Waals surface area contributed by atoms with E-state index in [9.17, 15) is 10.1 Å². The maximum atomic E-state index is 11.7. The van der Waals surface area contributed by atoms with Crippen molar-refractivity contribution in [1.29, 1.82) is 0 Å². The van der Waals surface area contributed by atoms with Gasteiger partial charge >= 0.3 is 0 Å². The molecule has 0 unspecified atom stereocenters. The molecule has 1 aliphatic heterocycles. The van der Waals surface area contributed by atoms with Crippen LogP contribution in [0.5, 0.6) is 11.5 Å². The Morgan fingerprint density at radius 3 is 2.54 bits per heavy atom. The number of hydrogen-bond donors (Lipinski definition) is 0. The average molecular weight is 551 g/mol. The number of ether oxygens (including phenoxy) is 2. The van der Waals surface area contributed by atoms with Crippen LogP contribution in [0.4, 0.5) is 11.4 Å². The number of rotatable bonds is 5. The molecule has 176 valence electrons. The van der Waals surface area contributed by atoms with Gasteiger partial charge in [0.15, 0.2) is 11.5 Å². The molecule has 8 nitrogen and oxygen atoms in total. The molecule has 0 radical (unpaired) electrons. The fourth-order valence-electron chi connectivity index (χ4n) is 3.67. The summed E-state index contributed by atoms with van der Waals surface area (Å²) in [6, 6.07) is 16.8. The summed E-state index contributed by atoms with van der Waals surface area (Å²) in [5.74, 6) is 0.791. The van der Waals surface area contributed by atoms with E-state index in [0.717, 1.165) is 32.5 Å². The van der Waals surface area contributed by atoms with E-state index < -0.39 is 4.92 Å². The van der Waals surface area contributed by atoms with Crippen LogP contribution in [0.3, 0.4) is 0 Å². The van der Waals surface area contributed by atoms with Crippen LogP contribution in [0.1, 0.15) is 16.7 Å². The minimum absolute atomic E-state index is 0.0268. The molecule has 0 atom stereocenters. The van der Waals surface area contributed by atoms with Gasteiger partial charge in [0.1, 0.15) is 0 Å². The maximum Gasteiger partial charge on any atom is 0.282 e. The fraction of sp³-hybridized carbons (Fsp3) is 0.120. The van der Waals surface area contributed by atoms with Crippen molar-refractivity contribution in [3.05, 3.63) is 96.1 Å². The molecule has 0 spiro atoms. The summed E-state index contributed by atoms with van der Waals surface area (Å²) >= 11 is 4.91. The zero-order valence-electron chi connectivity index (χ0n) is 18.8. The van der Waals surface area contributed by atoms with Crippen LogP contribution in [-0.2, 0) is 0 Å². The lowest BCUT2D eigenvalue weighted by molar-refractivity contribution is -0.385. The van der Waals surface area contributed by atoms with E-state index in [0.29, 0.717) is 21.9 Å². The molecule has 0 N–H and O–H groups in total. The number of nitro benzene ring substituents is 1. The van der Waals surface area contributed by atoms with Gasteiger partial charge in [0, 0.05) is 15.4 Å². The molecule has 0 saturated heterocycles. The SMILES string of the molecule is Cc1ccc(N=c2scc(-c3ccc(Br)cc3)n2N=Cc2cc3c(cc2[N+](=O)[O-])OCO3)c(C)c1. The van der Waals surface area contributed by atoms with Gasteiger partial charge in [-0.2, -0.15) is 5.10 Å². The van der Waals surface area contributed by atoms with Crippen molar-refractivity contribution in [1.82, 2.24) is 4.68 Å². The number of halogens is 1. The highest BCUT2D eigenvalue weighted by Crippen LogP contribution is 2.37. The second-order valence-electron chi connectivity index (χ2n) is 7.89. The third kappa shape index (κ3) is 4.75. The lowest BCUT2D eigenvalue weighted by atomic mass is 10.1. The van der Waals surface area contributed by atoms with Crippen molar-refractivity contribution in [2.75, 3.05) is 6.79 Å². The lowest BCUT2D eigenvalue weighted by Gasteiger charge is -2.05. The van der Waals surface area contributed by atoms with E-state index in [1.165, 1.54) is 23.6 Å². The van der Waals surface area contributed by atoms with Crippen LogP contribution in [0, 0.1) is 24.0 Å². The Balaban J connectivity index is 1.66. The number of fused-ring (bicyclic) bond motifs is 1. The number of benzene rings is 3. The van der Waals surface area contributed by atoms with Crippen LogP contribution < -0.4 is 14.3 Å². The average Bonchev–Trinajstić information content (AvgIpc) is 3.45. The van der Waals surface area contributed by atoms with Crippen LogP contribution in [-0.4, -0.2) is 22.6 Å². The molecule has 0 bridgehead atoms.